The van der Waals surface area contributed by atoms with E-state index in [-0.39, 0.29) is 11.8 Å². The molecule has 0 saturated heterocycles. The molecule has 0 spiro atoms. The number of hydrogen-bond donors (Lipinski definition) is 1. The lowest BCUT2D eigenvalue weighted by Crippen LogP contribution is -2.24. The van der Waals surface area contributed by atoms with Crippen molar-refractivity contribution in [2.45, 2.75) is 20.4 Å². The van der Waals surface area contributed by atoms with E-state index >= 15 is 0 Å². The van der Waals surface area contributed by atoms with Gasteiger partial charge in [-0.1, -0.05) is 41.9 Å². The first kappa shape index (κ1) is 20.0. The minimum atomic E-state index is -0.221. The Hall–Kier alpha value is -2.70. The molecule has 0 bridgehead atoms. The molecule has 28 heavy (non-hydrogen) atoms. The number of halogens is 1. The molecular weight excluding hydrogens is 394 g/mol. The first-order valence-corrected chi connectivity index (χ1v) is 9.89. The highest BCUT2D eigenvalue weighted by Gasteiger charge is 2.18. The van der Waals surface area contributed by atoms with Crippen molar-refractivity contribution < 1.29 is 9.59 Å². The van der Waals surface area contributed by atoms with Gasteiger partial charge in [-0.15, -0.1) is 11.3 Å². The molecule has 3 rings (SSSR count). The lowest BCUT2D eigenvalue weighted by atomic mass is 10.1. The molecule has 2 amide bonds. The minimum Gasteiger partial charge on any atom is -0.342 e. The summed E-state index contributed by atoms with van der Waals surface area (Å²) < 4.78 is 0. The number of nitrogens with one attached hydrogen (secondary N) is 1. The molecule has 0 unspecified atom stereocenters. The molecule has 0 aliphatic rings. The molecule has 1 aromatic heterocycles. The summed E-state index contributed by atoms with van der Waals surface area (Å²) in [5.74, 6) is -0.258. The van der Waals surface area contributed by atoms with Gasteiger partial charge in [-0.25, -0.2) is 4.98 Å². The molecule has 1 heterocycles. The highest BCUT2D eigenvalue weighted by Crippen LogP contribution is 2.30. The number of anilines is 1. The molecule has 0 atom stereocenters. The number of amides is 2. The predicted octanol–water partition coefficient (Wildman–Crippen LogP) is 5.00. The Morgan fingerprint density at radius 2 is 1.93 bits per heavy atom. The van der Waals surface area contributed by atoms with E-state index in [1.165, 1.54) is 18.3 Å². The smallest absolute Gasteiger partial charge is 0.267 e. The third-order valence-corrected chi connectivity index (χ3v) is 5.73. The zero-order valence-corrected chi connectivity index (χ0v) is 17.4. The van der Waals surface area contributed by atoms with Crippen molar-refractivity contribution in [3.63, 3.8) is 0 Å². The maximum Gasteiger partial charge on any atom is 0.267 e. The topological polar surface area (TPSA) is 62.3 Å². The largest absolute Gasteiger partial charge is 0.342 e. The second-order valence-corrected chi connectivity index (χ2v) is 7.87. The van der Waals surface area contributed by atoms with Crippen LogP contribution in [0.4, 0.5) is 5.69 Å². The molecule has 0 saturated carbocycles. The number of para-hydroxylation sites is 1. The van der Waals surface area contributed by atoms with Gasteiger partial charge in [0, 0.05) is 36.8 Å². The number of carbonyl (C=O) groups excluding carboxylic acids is 2. The van der Waals surface area contributed by atoms with Gasteiger partial charge in [0.2, 0.25) is 5.91 Å². The maximum atomic E-state index is 12.9. The first-order valence-electron chi connectivity index (χ1n) is 8.69. The number of nitrogens with zero attached hydrogens (tertiary/aromatic N) is 2. The number of thiazole rings is 1. The lowest BCUT2D eigenvalue weighted by molar-refractivity contribution is -0.128. The van der Waals surface area contributed by atoms with Crippen LogP contribution < -0.4 is 5.32 Å². The number of carbonyl (C=O) groups is 2. The molecule has 2 aromatic carbocycles. The number of aryl methyl sites for hydroxylation is 1. The van der Waals surface area contributed by atoms with Gasteiger partial charge in [-0.3, -0.25) is 9.59 Å². The van der Waals surface area contributed by atoms with E-state index < -0.39 is 0 Å². The average molecular weight is 414 g/mol. The van der Waals surface area contributed by atoms with E-state index in [9.17, 15) is 9.59 Å². The highest BCUT2D eigenvalue weighted by atomic mass is 35.5. The van der Waals surface area contributed by atoms with Crippen molar-refractivity contribution >= 4 is 40.4 Å². The van der Waals surface area contributed by atoms with Gasteiger partial charge in [-0.05, 0) is 30.7 Å². The zero-order valence-electron chi connectivity index (χ0n) is 15.8. The Labute approximate surface area is 173 Å². The van der Waals surface area contributed by atoms with Gasteiger partial charge < -0.3 is 10.2 Å². The second-order valence-electron chi connectivity index (χ2n) is 6.43. The second kappa shape index (κ2) is 8.54. The van der Waals surface area contributed by atoms with E-state index in [4.69, 9.17) is 11.6 Å². The van der Waals surface area contributed by atoms with Gasteiger partial charge in [0.05, 0.1) is 5.69 Å². The molecule has 0 fully saturated rings. The Kier molecular flexibility index (Phi) is 6.11. The van der Waals surface area contributed by atoms with Crippen LogP contribution in [-0.4, -0.2) is 28.7 Å². The SMILES string of the molecule is CC(=O)N(C)Cc1ccccc1NC(=O)c1sc(-c2cccc(Cl)c2)nc1C. The molecule has 1 N–H and O–H groups in total. The Morgan fingerprint density at radius 3 is 2.64 bits per heavy atom. The normalized spacial score (nSPS) is 10.6. The Bertz CT molecular complexity index is 1030. The van der Waals surface area contributed by atoms with E-state index in [1.54, 1.807) is 18.0 Å². The molecule has 0 radical (unpaired) electrons. The monoisotopic (exact) mass is 413 g/mol. The summed E-state index contributed by atoms with van der Waals surface area (Å²) in [7, 11) is 1.73. The fraction of sp³-hybridized carbons (Fsp3) is 0.190. The van der Waals surface area contributed by atoms with E-state index in [0.29, 0.717) is 27.8 Å². The van der Waals surface area contributed by atoms with E-state index in [2.05, 4.69) is 10.3 Å². The average Bonchev–Trinajstić information content (AvgIpc) is 3.05. The van der Waals surface area contributed by atoms with Crippen molar-refractivity contribution in [2.24, 2.45) is 0 Å². The van der Waals surface area contributed by atoms with Crippen LogP contribution in [0, 0.1) is 6.92 Å². The van der Waals surface area contributed by atoms with Crippen LogP contribution in [0.1, 0.15) is 27.9 Å². The Morgan fingerprint density at radius 1 is 1.18 bits per heavy atom. The van der Waals surface area contributed by atoms with Crippen LogP contribution in [0.2, 0.25) is 5.02 Å². The molecule has 7 heteroatoms. The van der Waals surface area contributed by atoms with Crippen LogP contribution in [0.5, 0.6) is 0 Å². The van der Waals surface area contributed by atoms with Gasteiger partial charge in [0.1, 0.15) is 9.88 Å². The summed E-state index contributed by atoms with van der Waals surface area (Å²) in [6.45, 7) is 3.75. The van der Waals surface area contributed by atoms with Crippen molar-refractivity contribution in [2.75, 3.05) is 12.4 Å². The number of aromatic nitrogens is 1. The van der Waals surface area contributed by atoms with E-state index in [0.717, 1.165) is 16.1 Å². The fourth-order valence-electron chi connectivity index (χ4n) is 2.68. The van der Waals surface area contributed by atoms with Gasteiger partial charge in [0.15, 0.2) is 0 Å². The van der Waals surface area contributed by atoms with Crippen LogP contribution >= 0.6 is 22.9 Å². The maximum absolute atomic E-state index is 12.9. The number of benzene rings is 2. The third kappa shape index (κ3) is 4.58. The fourth-order valence-corrected chi connectivity index (χ4v) is 3.83. The summed E-state index contributed by atoms with van der Waals surface area (Å²) in [5, 5.41) is 4.33. The quantitative estimate of drug-likeness (QED) is 0.640. The summed E-state index contributed by atoms with van der Waals surface area (Å²) in [6.07, 6.45) is 0. The molecule has 0 aliphatic heterocycles. The van der Waals surface area contributed by atoms with E-state index in [1.807, 2.05) is 49.4 Å². The highest BCUT2D eigenvalue weighted by molar-refractivity contribution is 7.17. The summed E-state index contributed by atoms with van der Waals surface area (Å²) >= 11 is 7.39. The molecule has 144 valence electrons. The molecule has 0 aliphatic carbocycles. The molecule has 5 nitrogen and oxygen atoms in total. The summed E-state index contributed by atoms with van der Waals surface area (Å²) in [5.41, 5.74) is 3.09. The minimum absolute atomic E-state index is 0.0365. The Balaban J connectivity index is 1.84. The van der Waals surface area contributed by atoms with Crippen molar-refractivity contribution in [1.82, 2.24) is 9.88 Å². The first-order chi connectivity index (χ1) is 13.3. The van der Waals surface area contributed by atoms with Crippen LogP contribution in [0.25, 0.3) is 10.6 Å². The molecular formula is C21H20ClN3O2S. The van der Waals surface area contributed by atoms with Crippen molar-refractivity contribution in [1.29, 1.82) is 0 Å². The number of hydrogen-bond acceptors (Lipinski definition) is 4. The van der Waals surface area contributed by atoms with Crippen LogP contribution in [-0.2, 0) is 11.3 Å². The predicted molar refractivity (Wildman–Crippen MR) is 114 cm³/mol. The summed E-state index contributed by atoms with van der Waals surface area (Å²) in [6, 6.07) is 14.9. The van der Waals surface area contributed by atoms with Crippen LogP contribution in [0.15, 0.2) is 48.5 Å². The van der Waals surface area contributed by atoms with Crippen LogP contribution in [0.3, 0.4) is 0 Å². The van der Waals surface area contributed by atoms with Crippen molar-refractivity contribution in [3.05, 3.63) is 69.7 Å². The zero-order chi connectivity index (χ0) is 20.3. The lowest BCUT2D eigenvalue weighted by Gasteiger charge is -2.17. The van der Waals surface area contributed by atoms with Gasteiger partial charge >= 0.3 is 0 Å². The summed E-state index contributed by atoms with van der Waals surface area (Å²) in [4.78, 5) is 31.1. The standard InChI is InChI=1S/C21H20ClN3O2S/c1-13-19(28-21(23-13)15-8-6-9-17(22)11-15)20(27)24-18-10-5-4-7-16(18)12-25(3)14(2)26/h4-11H,12H2,1-3H3,(H,24,27). The van der Waals surface area contributed by atoms with Gasteiger partial charge in [-0.2, -0.15) is 0 Å². The number of rotatable bonds is 5. The van der Waals surface area contributed by atoms with Gasteiger partial charge in [0.25, 0.3) is 5.91 Å². The van der Waals surface area contributed by atoms with Crippen molar-refractivity contribution in [3.8, 4) is 10.6 Å². The molecule has 3 aromatic rings. The third-order valence-electron chi connectivity index (χ3n) is 4.29.